The summed E-state index contributed by atoms with van der Waals surface area (Å²) in [4.78, 5) is 24.5. The van der Waals surface area contributed by atoms with Gasteiger partial charge in [0, 0.05) is 38.1 Å². The standard InChI is InChI=1S/C16H18N2O5/c19-15(6-5-13-3-1-2-4-14(13)18(20)21)17-9-7-16(8-10-17)22-11-12-23-16/h1-6H,7-12H2/b6-5+. The second-order valence-corrected chi connectivity index (χ2v) is 5.58. The van der Waals surface area contributed by atoms with Gasteiger partial charge in [-0.2, -0.15) is 0 Å². The number of benzene rings is 1. The van der Waals surface area contributed by atoms with Crippen molar-refractivity contribution in [2.75, 3.05) is 26.3 Å². The van der Waals surface area contributed by atoms with Crippen LogP contribution in [0.4, 0.5) is 5.69 Å². The van der Waals surface area contributed by atoms with E-state index in [4.69, 9.17) is 9.47 Å². The monoisotopic (exact) mass is 318 g/mol. The Bertz CT molecular complexity index is 627. The van der Waals surface area contributed by atoms with Crippen LogP contribution in [-0.2, 0) is 14.3 Å². The number of hydrogen-bond acceptors (Lipinski definition) is 5. The average molecular weight is 318 g/mol. The summed E-state index contributed by atoms with van der Waals surface area (Å²) in [7, 11) is 0. The second kappa shape index (κ2) is 6.47. The van der Waals surface area contributed by atoms with E-state index in [9.17, 15) is 14.9 Å². The van der Waals surface area contributed by atoms with Gasteiger partial charge in [-0.1, -0.05) is 12.1 Å². The first-order chi connectivity index (χ1) is 11.1. The Morgan fingerprint density at radius 1 is 1.22 bits per heavy atom. The number of para-hydroxylation sites is 1. The molecular formula is C16H18N2O5. The molecule has 7 heteroatoms. The first kappa shape index (κ1) is 15.6. The number of hydrogen-bond donors (Lipinski definition) is 0. The Balaban J connectivity index is 1.63. The molecule has 2 aliphatic rings. The summed E-state index contributed by atoms with van der Waals surface area (Å²) in [5, 5.41) is 11.0. The Hall–Kier alpha value is -2.25. The van der Waals surface area contributed by atoms with E-state index in [1.807, 2.05) is 0 Å². The molecule has 1 spiro atoms. The van der Waals surface area contributed by atoms with Crippen molar-refractivity contribution >= 4 is 17.7 Å². The third-order valence-electron chi connectivity index (χ3n) is 4.19. The van der Waals surface area contributed by atoms with Crippen LogP contribution in [-0.4, -0.2) is 47.8 Å². The summed E-state index contributed by atoms with van der Waals surface area (Å²) in [5.74, 6) is -0.672. The van der Waals surface area contributed by atoms with Crippen LogP contribution >= 0.6 is 0 Å². The minimum Gasteiger partial charge on any atom is -0.347 e. The molecule has 0 N–H and O–H groups in total. The van der Waals surface area contributed by atoms with Crippen LogP contribution in [0.2, 0.25) is 0 Å². The lowest BCUT2D eigenvalue weighted by Gasteiger charge is -2.37. The van der Waals surface area contributed by atoms with Crippen LogP contribution < -0.4 is 0 Å². The number of nitro benzene ring substituents is 1. The van der Waals surface area contributed by atoms with Crippen molar-refractivity contribution < 1.29 is 19.2 Å². The molecule has 2 fully saturated rings. The average Bonchev–Trinajstić information content (AvgIpc) is 3.01. The maximum Gasteiger partial charge on any atom is 0.276 e. The minimum atomic E-state index is -0.515. The fourth-order valence-electron chi connectivity index (χ4n) is 2.91. The topological polar surface area (TPSA) is 81.9 Å². The van der Waals surface area contributed by atoms with E-state index in [0.29, 0.717) is 44.7 Å². The van der Waals surface area contributed by atoms with Gasteiger partial charge in [0.05, 0.1) is 23.7 Å². The molecule has 1 amide bonds. The zero-order valence-corrected chi connectivity index (χ0v) is 12.6. The Morgan fingerprint density at radius 2 is 1.87 bits per heavy atom. The van der Waals surface area contributed by atoms with Gasteiger partial charge in [0.1, 0.15) is 0 Å². The largest absolute Gasteiger partial charge is 0.347 e. The third kappa shape index (κ3) is 3.40. The third-order valence-corrected chi connectivity index (χ3v) is 4.19. The quantitative estimate of drug-likeness (QED) is 0.483. The van der Waals surface area contributed by atoms with Crippen LogP contribution in [0, 0.1) is 10.1 Å². The lowest BCUT2D eigenvalue weighted by atomic mass is 10.0. The van der Waals surface area contributed by atoms with Gasteiger partial charge in [-0.25, -0.2) is 0 Å². The number of piperidine rings is 1. The highest BCUT2D eigenvalue weighted by molar-refractivity contribution is 5.92. The van der Waals surface area contributed by atoms with E-state index in [0.717, 1.165) is 0 Å². The molecule has 0 aromatic heterocycles. The van der Waals surface area contributed by atoms with Gasteiger partial charge in [0.2, 0.25) is 5.91 Å². The summed E-state index contributed by atoms with van der Waals surface area (Å²) in [6, 6.07) is 6.34. The summed E-state index contributed by atoms with van der Waals surface area (Å²) in [6.45, 7) is 2.32. The second-order valence-electron chi connectivity index (χ2n) is 5.58. The van der Waals surface area contributed by atoms with Gasteiger partial charge in [-0.3, -0.25) is 14.9 Å². The van der Waals surface area contributed by atoms with Crippen molar-refractivity contribution in [2.24, 2.45) is 0 Å². The van der Waals surface area contributed by atoms with Crippen molar-refractivity contribution in [3.63, 3.8) is 0 Å². The van der Waals surface area contributed by atoms with Gasteiger partial charge >= 0.3 is 0 Å². The molecule has 23 heavy (non-hydrogen) atoms. The van der Waals surface area contributed by atoms with Crippen molar-refractivity contribution in [3.05, 3.63) is 46.0 Å². The molecule has 2 saturated heterocycles. The van der Waals surface area contributed by atoms with E-state index in [-0.39, 0.29) is 11.6 Å². The van der Waals surface area contributed by atoms with E-state index in [1.54, 1.807) is 23.1 Å². The molecule has 2 heterocycles. The number of nitrogens with zero attached hydrogens (tertiary/aromatic N) is 2. The fourth-order valence-corrected chi connectivity index (χ4v) is 2.91. The van der Waals surface area contributed by atoms with Crippen molar-refractivity contribution in [1.82, 2.24) is 4.90 Å². The molecular weight excluding hydrogens is 300 g/mol. The zero-order valence-electron chi connectivity index (χ0n) is 12.6. The highest BCUT2D eigenvalue weighted by Gasteiger charge is 2.40. The summed E-state index contributed by atoms with van der Waals surface area (Å²) in [6.07, 6.45) is 4.18. The molecule has 0 aliphatic carbocycles. The van der Waals surface area contributed by atoms with Gasteiger partial charge in [0.25, 0.3) is 5.69 Å². The molecule has 0 atom stereocenters. The number of rotatable bonds is 3. The fraction of sp³-hybridized carbons (Fsp3) is 0.438. The summed E-state index contributed by atoms with van der Waals surface area (Å²) in [5.41, 5.74) is 0.406. The molecule has 0 radical (unpaired) electrons. The smallest absolute Gasteiger partial charge is 0.276 e. The van der Waals surface area contributed by atoms with Crippen molar-refractivity contribution in [2.45, 2.75) is 18.6 Å². The van der Waals surface area contributed by atoms with E-state index in [1.165, 1.54) is 18.2 Å². The molecule has 0 unspecified atom stereocenters. The molecule has 3 rings (SSSR count). The first-order valence-electron chi connectivity index (χ1n) is 7.58. The Labute approximate surface area is 133 Å². The van der Waals surface area contributed by atoms with Crippen LogP contribution in [0.5, 0.6) is 0 Å². The van der Waals surface area contributed by atoms with Crippen LogP contribution in [0.25, 0.3) is 6.08 Å². The number of nitro groups is 1. The van der Waals surface area contributed by atoms with Gasteiger partial charge in [0.15, 0.2) is 5.79 Å². The van der Waals surface area contributed by atoms with Crippen LogP contribution in [0.15, 0.2) is 30.3 Å². The zero-order chi connectivity index (χ0) is 16.3. The maximum atomic E-state index is 12.2. The van der Waals surface area contributed by atoms with E-state index in [2.05, 4.69) is 0 Å². The van der Waals surface area contributed by atoms with Gasteiger partial charge in [-0.15, -0.1) is 0 Å². The normalized spacial score (nSPS) is 20.3. The Kier molecular flexibility index (Phi) is 4.40. The van der Waals surface area contributed by atoms with E-state index < -0.39 is 10.7 Å². The highest BCUT2D eigenvalue weighted by atomic mass is 16.7. The van der Waals surface area contributed by atoms with Crippen LogP contribution in [0.1, 0.15) is 18.4 Å². The number of ether oxygens (including phenoxy) is 2. The highest BCUT2D eigenvalue weighted by Crippen LogP contribution is 2.31. The Morgan fingerprint density at radius 3 is 2.52 bits per heavy atom. The lowest BCUT2D eigenvalue weighted by molar-refractivity contribution is -0.385. The molecule has 1 aromatic rings. The van der Waals surface area contributed by atoms with Crippen molar-refractivity contribution in [1.29, 1.82) is 0 Å². The molecule has 0 saturated carbocycles. The predicted molar refractivity (Wildman–Crippen MR) is 82.6 cm³/mol. The number of likely N-dealkylation sites (tertiary alicyclic amines) is 1. The SMILES string of the molecule is O=C(/C=C/c1ccccc1[N+](=O)[O-])N1CCC2(CC1)OCCO2. The number of amides is 1. The summed E-state index contributed by atoms with van der Waals surface area (Å²) >= 11 is 0. The first-order valence-corrected chi connectivity index (χ1v) is 7.58. The predicted octanol–water partition coefficient (Wildman–Crippen LogP) is 1.97. The molecule has 122 valence electrons. The number of carbonyl (C=O) groups is 1. The summed E-state index contributed by atoms with van der Waals surface area (Å²) < 4.78 is 11.3. The van der Waals surface area contributed by atoms with Crippen LogP contribution in [0.3, 0.4) is 0 Å². The van der Waals surface area contributed by atoms with Gasteiger partial charge in [-0.05, 0) is 12.1 Å². The number of carbonyl (C=O) groups excluding carboxylic acids is 1. The molecule has 0 bridgehead atoms. The van der Waals surface area contributed by atoms with E-state index >= 15 is 0 Å². The lowest BCUT2D eigenvalue weighted by Crippen LogP contribution is -2.46. The minimum absolute atomic E-state index is 0.0121. The van der Waals surface area contributed by atoms with Gasteiger partial charge < -0.3 is 14.4 Å². The molecule has 1 aromatic carbocycles. The molecule has 2 aliphatic heterocycles. The maximum absolute atomic E-state index is 12.2. The van der Waals surface area contributed by atoms with Crippen molar-refractivity contribution in [3.8, 4) is 0 Å². The molecule has 7 nitrogen and oxygen atoms in total.